The first-order valence-electron chi connectivity index (χ1n) is 12.6. The van der Waals surface area contributed by atoms with Crippen molar-refractivity contribution in [3.8, 4) is 0 Å². The van der Waals surface area contributed by atoms with Gasteiger partial charge in [-0.2, -0.15) is 5.10 Å². The highest BCUT2D eigenvalue weighted by Crippen LogP contribution is 2.19. The SMILES string of the molecule is CCN(CC)CCCS(=O)(=O)N[C@H](CCc1ccccc1)c1n[nH]c(CNC(=O)NC2CCC2)n1. The van der Waals surface area contributed by atoms with E-state index in [0.29, 0.717) is 30.9 Å². The Morgan fingerprint density at radius 3 is 2.60 bits per heavy atom. The van der Waals surface area contributed by atoms with Crippen LogP contribution in [0, 0.1) is 0 Å². The smallest absolute Gasteiger partial charge is 0.315 e. The monoisotopic (exact) mass is 505 g/mol. The Kier molecular flexibility index (Phi) is 10.5. The molecule has 0 saturated heterocycles. The zero-order valence-electron chi connectivity index (χ0n) is 20.8. The minimum atomic E-state index is -3.52. The van der Waals surface area contributed by atoms with Crippen molar-refractivity contribution < 1.29 is 13.2 Å². The fourth-order valence-corrected chi connectivity index (χ4v) is 5.27. The molecule has 1 aromatic heterocycles. The van der Waals surface area contributed by atoms with Crippen LogP contribution >= 0.6 is 0 Å². The summed E-state index contributed by atoms with van der Waals surface area (Å²) in [5.41, 5.74) is 1.11. The molecule has 1 aliphatic rings. The zero-order valence-corrected chi connectivity index (χ0v) is 21.6. The van der Waals surface area contributed by atoms with Crippen molar-refractivity contribution in [2.24, 2.45) is 0 Å². The van der Waals surface area contributed by atoms with Crippen LogP contribution in [0.25, 0.3) is 0 Å². The van der Waals surface area contributed by atoms with Gasteiger partial charge in [-0.1, -0.05) is 44.2 Å². The minimum Gasteiger partial charge on any atom is -0.335 e. The Bertz CT molecular complexity index is 1010. The van der Waals surface area contributed by atoms with E-state index >= 15 is 0 Å². The maximum atomic E-state index is 12.9. The lowest BCUT2D eigenvalue weighted by Gasteiger charge is -2.26. The van der Waals surface area contributed by atoms with E-state index in [4.69, 9.17) is 0 Å². The molecule has 0 spiro atoms. The van der Waals surface area contributed by atoms with Gasteiger partial charge >= 0.3 is 6.03 Å². The average molecular weight is 506 g/mol. The molecule has 0 bridgehead atoms. The van der Waals surface area contributed by atoms with E-state index in [1.807, 2.05) is 30.3 Å². The Balaban J connectivity index is 1.60. The van der Waals surface area contributed by atoms with Gasteiger partial charge in [-0.05, 0) is 63.7 Å². The van der Waals surface area contributed by atoms with Crippen LogP contribution in [0.5, 0.6) is 0 Å². The number of nitrogens with one attached hydrogen (secondary N) is 4. The second kappa shape index (κ2) is 13.6. The van der Waals surface area contributed by atoms with Crippen LogP contribution in [-0.4, -0.2) is 66.0 Å². The maximum Gasteiger partial charge on any atom is 0.315 e. The molecule has 1 atom stereocenters. The number of carbonyl (C=O) groups excluding carboxylic acids is 1. The summed E-state index contributed by atoms with van der Waals surface area (Å²) in [4.78, 5) is 18.7. The third kappa shape index (κ3) is 9.23. The molecule has 1 fully saturated rings. The van der Waals surface area contributed by atoms with Gasteiger partial charge in [-0.25, -0.2) is 22.9 Å². The van der Waals surface area contributed by atoms with Crippen molar-refractivity contribution in [2.75, 3.05) is 25.4 Å². The van der Waals surface area contributed by atoms with E-state index in [9.17, 15) is 13.2 Å². The maximum absolute atomic E-state index is 12.9. The summed E-state index contributed by atoms with van der Waals surface area (Å²) in [5.74, 6) is 0.907. The summed E-state index contributed by atoms with van der Waals surface area (Å²) in [7, 11) is -3.52. The molecule has 0 radical (unpaired) electrons. The number of hydrogen-bond donors (Lipinski definition) is 4. The molecule has 4 N–H and O–H groups in total. The number of H-pyrrole nitrogens is 1. The molecule has 1 aliphatic carbocycles. The molecule has 1 saturated carbocycles. The second-order valence-corrected chi connectivity index (χ2v) is 10.9. The average Bonchev–Trinajstić information content (AvgIpc) is 3.30. The topological polar surface area (TPSA) is 132 Å². The van der Waals surface area contributed by atoms with Crippen molar-refractivity contribution >= 4 is 16.1 Å². The first-order valence-corrected chi connectivity index (χ1v) is 14.3. The van der Waals surface area contributed by atoms with Gasteiger partial charge in [0, 0.05) is 6.04 Å². The summed E-state index contributed by atoms with van der Waals surface area (Å²) >= 11 is 0. The number of aryl methyl sites for hydroxylation is 1. The molecule has 0 aliphatic heterocycles. The van der Waals surface area contributed by atoms with Gasteiger partial charge < -0.3 is 15.5 Å². The molecular formula is C24H39N7O3S. The number of benzene rings is 1. The van der Waals surface area contributed by atoms with Crippen molar-refractivity contribution in [3.63, 3.8) is 0 Å². The van der Waals surface area contributed by atoms with Gasteiger partial charge in [-0.3, -0.25) is 5.10 Å². The second-order valence-electron chi connectivity index (χ2n) is 8.99. The molecule has 1 aromatic carbocycles. The molecule has 2 aromatic rings. The van der Waals surface area contributed by atoms with Gasteiger partial charge in [-0.15, -0.1) is 0 Å². The number of carbonyl (C=O) groups is 1. The normalized spacial score (nSPS) is 15.1. The predicted octanol–water partition coefficient (Wildman–Crippen LogP) is 2.48. The fraction of sp³-hybridized carbons (Fsp3) is 0.625. The Morgan fingerprint density at radius 2 is 1.94 bits per heavy atom. The van der Waals surface area contributed by atoms with Crippen LogP contribution < -0.4 is 15.4 Å². The number of aromatic amines is 1. The summed E-state index contributed by atoms with van der Waals surface area (Å²) in [5, 5.41) is 12.8. The largest absolute Gasteiger partial charge is 0.335 e. The molecule has 10 nitrogen and oxygen atoms in total. The number of sulfonamides is 1. The quantitative estimate of drug-likeness (QED) is 0.294. The van der Waals surface area contributed by atoms with E-state index in [0.717, 1.165) is 44.5 Å². The van der Waals surface area contributed by atoms with Crippen molar-refractivity contribution in [2.45, 2.75) is 71.0 Å². The fourth-order valence-electron chi connectivity index (χ4n) is 3.99. The van der Waals surface area contributed by atoms with E-state index in [1.165, 1.54) is 0 Å². The van der Waals surface area contributed by atoms with Crippen LogP contribution in [0.2, 0.25) is 0 Å². The molecule has 1 heterocycles. The molecule has 2 amide bonds. The summed E-state index contributed by atoms with van der Waals surface area (Å²) in [6.45, 7) is 6.87. The lowest BCUT2D eigenvalue weighted by molar-refractivity contribution is 0.228. The van der Waals surface area contributed by atoms with Gasteiger partial charge in [0.2, 0.25) is 10.0 Å². The zero-order chi connectivity index (χ0) is 25.1. The molecule has 3 rings (SSSR count). The number of amides is 2. The van der Waals surface area contributed by atoms with E-state index in [-0.39, 0.29) is 24.4 Å². The lowest BCUT2D eigenvalue weighted by Crippen LogP contribution is -2.44. The summed E-state index contributed by atoms with van der Waals surface area (Å²) in [6, 6.07) is 9.37. The van der Waals surface area contributed by atoms with Crippen LogP contribution in [0.3, 0.4) is 0 Å². The first kappa shape index (κ1) is 27.1. The van der Waals surface area contributed by atoms with E-state index in [2.05, 4.69) is 49.3 Å². The number of urea groups is 1. The Hall–Kier alpha value is -2.50. The first-order chi connectivity index (χ1) is 16.9. The third-order valence-electron chi connectivity index (χ3n) is 6.39. The van der Waals surface area contributed by atoms with Crippen LogP contribution in [0.15, 0.2) is 30.3 Å². The molecular weight excluding hydrogens is 466 g/mol. The molecule has 0 unspecified atom stereocenters. The number of aromatic nitrogens is 3. The summed E-state index contributed by atoms with van der Waals surface area (Å²) < 4.78 is 28.6. The predicted molar refractivity (Wildman–Crippen MR) is 136 cm³/mol. The lowest BCUT2D eigenvalue weighted by atomic mass is 9.93. The highest BCUT2D eigenvalue weighted by molar-refractivity contribution is 7.89. The van der Waals surface area contributed by atoms with Gasteiger partial charge in [0.1, 0.15) is 5.82 Å². The number of hydrogen-bond acceptors (Lipinski definition) is 6. The van der Waals surface area contributed by atoms with E-state index in [1.54, 1.807) is 0 Å². The molecule has 194 valence electrons. The van der Waals surface area contributed by atoms with Gasteiger partial charge in [0.15, 0.2) is 5.82 Å². The Labute approximate surface area is 208 Å². The molecule has 11 heteroatoms. The minimum absolute atomic E-state index is 0.0471. The van der Waals surface area contributed by atoms with E-state index < -0.39 is 16.1 Å². The van der Waals surface area contributed by atoms with Crippen LogP contribution in [-0.2, 0) is 23.0 Å². The van der Waals surface area contributed by atoms with Crippen molar-refractivity contribution in [3.05, 3.63) is 47.5 Å². The number of rotatable bonds is 15. The van der Waals surface area contributed by atoms with Crippen LogP contribution in [0.4, 0.5) is 4.79 Å². The van der Waals surface area contributed by atoms with Gasteiger partial charge in [0.25, 0.3) is 0 Å². The standard InChI is InChI=1S/C24H39N7O3S/c1-3-31(4-2)16-9-17-35(33,34)30-21(15-14-19-10-6-5-7-11-19)23-27-22(28-29-23)18-25-24(32)26-20-12-8-13-20/h5-7,10-11,20-21,30H,3-4,8-9,12-18H2,1-2H3,(H2,25,26,32)(H,27,28,29)/t21-/m1/s1. The number of nitrogens with zero attached hydrogens (tertiary/aromatic N) is 3. The third-order valence-corrected chi connectivity index (χ3v) is 7.86. The van der Waals surface area contributed by atoms with Crippen LogP contribution in [0.1, 0.15) is 69.2 Å². The van der Waals surface area contributed by atoms with Gasteiger partial charge in [0.05, 0.1) is 18.3 Å². The highest BCUT2D eigenvalue weighted by atomic mass is 32.2. The van der Waals surface area contributed by atoms with Crippen molar-refractivity contribution in [1.29, 1.82) is 0 Å². The highest BCUT2D eigenvalue weighted by Gasteiger charge is 2.24. The summed E-state index contributed by atoms with van der Waals surface area (Å²) in [6.07, 6.45) is 4.93. The van der Waals surface area contributed by atoms with Crippen molar-refractivity contribution in [1.82, 2.24) is 35.4 Å². The molecule has 35 heavy (non-hydrogen) atoms. The Morgan fingerprint density at radius 1 is 1.20 bits per heavy atom.